The van der Waals surface area contributed by atoms with Crippen LogP contribution < -0.4 is 5.32 Å². The van der Waals surface area contributed by atoms with Gasteiger partial charge < -0.3 is 10.2 Å². The minimum absolute atomic E-state index is 0.699. The van der Waals surface area contributed by atoms with Crippen LogP contribution in [0.15, 0.2) is 12.3 Å². The van der Waals surface area contributed by atoms with E-state index in [1.807, 2.05) is 6.20 Å². The number of hydrogen-bond acceptors (Lipinski definition) is 3. The summed E-state index contributed by atoms with van der Waals surface area (Å²) in [6.45, 7) is 6.69. The van der Waals surface area contributed by atoms with Crippen molar-refractivity contribution in [2.45, 2.75) is 57.8 Å². The van der Waals surface area contributed by atoms with Crippen molar-refractivity contribution in [2.75, 3.05) is 13.1 Å². The summed E-state index contributed by atoms with van der Waals surface area (Å²) in [6, 6.07) is 3.68. The second-order valence-electron chi connectivity index (χ2n) is 5.57. The van der Waals surface area contributed by atoms with E-state index in [0.717, 1.165) is 19.1 Å². The number of nitrogens with one attached hydrogen (secondary N) is 1. The van der Waals surface area contributed by atoms with Gasteiger partial charge in [-0.3, -0.25) is 4.68 Å². The zero-order valence-corrected chi connectivity index (χ0v) is 11.3. The molecule has 100 valence electrons. The van der Waals surface area contributed by atoms with E-state index in [1.165, 1.54) is 44.5 Å². The summed E-state index contributed by atoms with van der Waals surface area (Å²) in [6.07, 6.45) is 7.35. The van der Waals surface area contributed by atoms with Crippen LogP contribution in [0, 0.1) is 0 Å². The molecule has 0 bridgehead atoms. The van der Waals surface area contributed by atoms with E-state index in [-0.39, 0.29) is 0 Å². The lowest BCUT2D eigenvalue weighted by Gasteiger charge is -2.35. The topological polar surface area (TPSA) is 33.1 Å². The third kappa shape index (κ3) is 2.45. The second-order valence-corrected chi connectivity index (χ2v) is 5.57. The molecule has 2 atom stereocenters. The van der Waals surface area contributed by atoms with E-state index in [0.29, 0.717) is 6.04 Å². The van der Waals surface area contributed by atoms with Gasteiger partial charge in [-0.25, -0.2) is 0 Å². The van der Waals surface area contributed by atoms with Gasteiger partial charge in [-0.2, -0.15) is 5.10 Å². The minimum Gasteiger partial charge on any atom is -0.308 e. The van der Waals surface area contributed by atoms with Gasteiger partial charge in [-0.15, -0.1) is 0 Å². The number of nitrogens with zero attached hydrogens (tertiary/aromatic N) is 3. The largest absolute Gasteiger partial charge is 0.308 e. The van der Waals surface area contributed by atoms with Crippen molar-refractivity contribution >= 4 is 0 Å². The molecule has 3 rings (SSSR count). The highest BCUT2D eigenvalue weighted by Crippen LogP contribution is 2.26. The summed E-state index contributed by atoms with van der Waals surface area (Å²) in [5, 5.41) is 8.04. The van der Waals surface area contributed by atoms with Crippen LogP contribution in [0.4, 0.5) is 0 Å². The first kappa shape index (κ1) is 12.2. The van der Waals surface area contributed by atoms with Gasteiger partial charge in [0, 0.05) is 31.4 Å². The maximum Gasteiger partial charge on any atom is 0.0522 e. The molecular formula is C14H24N4. The van der Waals surface area contributed by atoms with Crippen molar-refractivity contribution in [3.63, 3.8) is 0 Å². The maximum absolute atomic E-state index is 4.32. The predicted molar refractivity (Wildman–Crippen MR) is 72.4 cm³/mol. The first-order chi connectivity index (χ1) is 8.86. The van der Waals surface area contributed by atoms with Gasteiger partial charge in [0.1, 0.15) is 0 Å². The van der Waals surface area contributed by atoms with E-state index < -0.39 is 0 Å². The molecule has 0 aliphatic carbocycles. The molecule has 2 saturated heterocycles. The highest BCUT2D eigenvalue weighted by Gasteiger charge is 2.31. The van der Waals surface area contributed by atoms with Gasteiger partial charge in [0.15, 0.2) is 0 Å². The molecule has 0 saturated carbocycles. The van der Waals surface area contributed by atoms with Crippen LogP contribution in [0.1, 0.15) is 38.3 Å². The monoisotopic (exact) mass is 248 g/mol. The molecule has 2 fully saturated rings. The number of fused-ring (bicyclic) bond motifs is 1. The summed E-state index contributed by atoms with van der Waals surface area (Å²) in [7, 11) is 0. The van der Waals surface area contributed by atoms with Crippen LogP contribution >= 0.6 is 0 Å². The van der Waals surface area contributed by atoms with Crippen molar-refractivity contribution in [3.05, 3.63) is 18.0 Å². The van der Waals surface area contributed by atoms with E-state index in [1.54, 1.807) is 0 Å². The molecule has 2 aliphatic rings. The predicted octanol–water partition coefficient (Wildman–Crippen LogP) is 1.62. The average molecular weight is 248 g/mol. The van der Waals surface area contributed by atoms with Crippen molar-refractivity contribution in [1.29, 1.82) is 0 Å². The third-order valence-electron chi connectivity index (χ3n) is 4.50. The molecule has 0 amide bonds. The fraction of sp³-hybridized carbons (Fsp3) is 0.786. The zero-order chi connectivity index (χ0) is 12.4. The van der Waals surface area contributed by atoms with Gasteiger partial charge in [-0.05, 0) is 51.8 Å². The summed E-state index contributed by atoms with van der Waals surface area (Å²) in [5.41, 5.74) is 1.31. The highest BCUT2D eigenvalue weighted by molar-refractivity contribution is 5.01. The fourth-order valence-electron chi connectivity index (χ4n) is 3.45. The van der Waals surface area contributed by atoms with Gasteiger partial charge >= 0.3 is 0 Å². The molecule has 0 aromatic carbocycles. The highest BCUT2D eigenvalue weighted by atomic mass is 15.3. The standard InChI is InChI=1S/C14H24N4/c1-2-18-14(5-7-16-18)11-15-12-6-9-17-8-3-4-13(17)10-12/h5,7,12-13,15H,2-4,6,8-11H2,1H3. The Morgan fingerprint density at radius 1 is 1.39 bits per heavy atom. The molecule has 0 radical (unpaired) electrons. The van der Waals surface area contributed by atoms with Crippen LogP contribution in [0.2, 0.25) is 0 Å². The smallest absolute Gasteiger partial charge is 0.0522 e. The third-order valence-corrected chi connectivity index (χ3v) is 4.50. The minimum atomic E-state index is 0.699. The summed E-state index contributed by atoms with van der Waals surface area (Å²) in [4.78, 5) is 2.68. The molecular weight excluding hydrogens is 224 g/mol. The molecule has 1 N–H and O–H groups in total. The molecule has 1 aromatic rings. The Morgan fingerprint density at radius 2 is 2.33 bits per heavy atom. The fourth-order valence-corrected chi connectivity index (χ4v) is 3.45. The number of piperidine rings is 1. The molecule has 2 unspecified atom stereocenters. The SMILES string of the molecule is CCn1nccc1CNC1CCN2CCCC2C1. The maximum atomic E-state index is 4.32. The second kappa shape index (κ2) is 5.41. The van der Waals surface area contributed by atoms with Crippen molar-refractivity contribution in [2.24, 2.45) is 0 Å². The molecule has 2 aliphatic heterocycles. The zero-order valence-electron chi connectivity index (χ0n) is 11.3. The molecule has 18 heavy (non-hydrogen) atoms. The normalized spacial score (nSPS) is 28.5. The average Bonchev–Trinajstić information content (AvgIpc) is 3.04. The van der Waals surface area contributed by atoms with Gasteiger partial charge in [0.25, 0.3) is 0 Å². The van der Waals surface area contributed by atoms with Gasteiger partial charge in [-0.1, -0.05) is 0 Å². The van der Waals surface area contributed by atoms with E-state index in [4.69, 9.17) is 0 Å². The number of aromatic nitrogens is 2. The summed E-state index contributed by atoms with van der Waals surface area (Å²) in [5.74, 6) is 0. The molecule has 0 spiro atoms. The lowest BCUT2D eigenvalue weighted by molar-refractivity contribution is 0.166. The van der Waals surface area contributed by atoms with Crippen molar-refractivity contribution < 1.29 is 0 Å². The molecule has 4 heteroatoms. The quantitative estimate of drug-likeness (QED) is 0.879. The van der Waals surface area contributed by atoms with Crippen LogP contribution in [0.5, 0.6) is 0 Å². The Bertz CT molecular complexity index is 387. The lowest BCUT2D eigenvalue weighted by atomic mass is 9.97. The van der Waals surface area contributed by atoms with Gasteiger partial charge in [0.05, 0.1) is 5.69 Å². The summed E-state index contributed by atoms with van der Waals surface area (Å²) >= 11 is 0. The Hall–Kier alpha value is -0.870. The number of hydrogen-bond donors (Lipinski definition) is 1. The Kier molecular flexibility index (Phi) is 3.66. The summed E-state index contributed by atoms with van der Waals surface area (Å²) < 4.78 is 2.08. The van der Waals surface area contributed by atoms with Crippen molar-refractivity contribution in [3.8, 4) is 0 Å². The van der Waals surface area contributed by atoms with E-state index in [2.05, 4.69) is 33.0 Å². The molecule has 1 aromatic heterocycles. The number of rotatable bonds is 4. The van der Waals surface area contributed by atoms with Crippen LogP contribution in [-0.2, 0) is 13.1 Å². The Balaban J connectivity index is 1.51. The number of aryl methyl sites for hydroxylation is 1. The first-order valence-electron chi connectivity index (χ1n) is 7.35. The molecule has 4 nitrogen and oxygen atoms in total. The van der Waals surface area contributed by atoms with Crippen LogP contribution in [-0.4, -0.2) is 39.9 Å². The first-order valence-corrected chi connectivity index (χ1v) is 7.35. The van der Waals surface area contributed by atoms with Gasteiger partial charge in [0.2, 0.25) is 0 Å². The lowest BCUT2D eigenvalue weighted by Crippen LogP contribution is -2.45. The molecule has 3 heterocycles. The van der Waals surface area contributed by atoms with Crippen LogP contribution in [0.3, 0.4) is 0 Å². The van der Waals surface area contributed by atoms with Crippen molar-refractivity contribution in [1.82, 2.24) is 20.0 Å². The Labute approximate surface area is 109 Å². The Morgan fingerprint density at radius 3 is 3.22 bits per heavy atom. The van der Waals surface area contributed by atoms with Crippen LogP contribution in [0.25, 0.3) is 0 Å². The van der Waals surface area contributed by atoms with E-state index >= 15 is 0 Å². The van der Waals surface area contributed by atoms with E-state index in [9.17, 15) is 0 Å².